The number of fused-ring (bicyclic) bond motifs is 1. The molecule has 0 saturated carbocycles. The van der Waals surface area contributed by atoms with Crippen LogP contribution in [0.3, 0.4) is 0 Å². The van der Waals surface area contributed by atoms with E-state index in [0.29, 0.717) is 17.5 Å². The fraction of sp³-hybridized carbons (Fsp3) is 0.111. The van der Waals surface area contributed by atoms with E-state index in [-0.39, 0.29) is 0 Å². The summed E-state index contributed by atoms with van der Waals surface area (Å²) in [5, 5.41) is 0. The molecular weight excluding hydrogens is 170 g/mol. The summed E-state index contributed by atoms with van der Waals surface area (Å²) in [6.45, 7) is 0. The number of hydrogen-bond donors (Lipinski definition) is 1. The quantitative estimate of drug-likeness (QED) is 0.692. The van der Waals surface area contributed by atoms with Gasteiger partial charge in [0.1, 0.15) is 6.29 Å². The van der Waals surface area contributed by atoms with Crippen molar-refractivity contribution in [1.82, 2.24) is 4.98 Å². The van der Waals surface area contributed by atoms with Gasteiger partial charge in [-0.2, -0.15) is 0 Å². The lowest BCUT2D eigenvalue weighted by Crippen LogP contribution is -1.93. The van der Waals surface area contributed by atoms with Gasteiger partial charge in [0.2, 0.25) is 0 Å². The Morgan fingerprint density at radius 3 is 3.08 bits per heavy atom. The highest BCUT2D eigenvalue weighted by Gasteiger charge is 2.00. The molecule has 4 nitrogen and oxygen atoms in total. The lowest BCUT2D eigenvalue weighted by molar-refractivity contribution is -0.107. The monoisotopic (exact) mass is 177 g/mol. The molecule has 0 unspecified atom stereocenters. The average molecular weight is 177 g/mol. The normalized spacial score (nSPS) is 10.5. The molecule has 1 N–H and O–H groups in total. The lowest BCUT2D eigenvalue weighted by atomic mass is 10.1. The molecule has 1 aromatic carbocycles. The van der Waals surface area contributed by atoms with E-state index in [9.17, 15) is 9.59 Å². The summed E-state index contributed by atoms with van der Waals surface area (Å²) in [6.07, 6.45) is 1.17. The van der Waals surface area contributed by atoms with Crippen LogP contribution in [0.4, 0.5) is 0 Å². The second kappa shape index (κ2) is 2.90. The van der Waals surface area contributed by atoms with Crippen LogP contribution in [-0.4, -0.2) is 11.3 Å². The van der Waals surface area contributed by atoms with Crippen LogP contribution in [0, 0.1) is 0 Å². The molecule has 2 aromatic rings. The second-order valence-electron chi connectivity index (χ2n) is 2.72. The van der Waals surface area contributed by atoms with Crippen molar-refractivity contribution in [2.75, 3.05) is 0 Å². The van der Waals surface area contributed by atoms with Crippen LogP contribution in [0.15, 0.2) is 27.4 Å². The van der Waals surface area contributed by atoms with Gasteiger partial charge in [0.25, 0.3) is 0 Å². The van der Waals surface area contributed by atoms with Crippen molar-refractivity contribution in [3.05, 3.63) is 34.3 Å². The van der Waals surface area contributed by atoms with E-state index in [1.54, 1.807) is 18.2 Å². The highest BCUT2D eigenvalue weighted by atomic mass is 16.4. The first kappa shape index (κ1) is 7.79. The van der Waals surface area contributed by atoms with Crippen molar-refractivity contribution < 1.29 is 9.21 Å². The number of benzene rings is 1. The van der Waals surface area contributed by atoms with E-state index >= 15 is 0 Å². The summed E-state index contributed by atoms with van der Waals surface area (Å²) >= 11 is 0. The Bertz CT molecular complexity index is 495. The number of rotatable bonds is 2. The maximum Gasteiger partial charge on any atom is 0.417 e. The van der Waals surface area contributed by atoms with Crippen LogP contribution in [0.25, 0.3) is 11.1 Å². The van der Waals surface area contributed by atoms with E-state index in [1.807, 2.05) is 0 Å². The molecule has 1 heterocycles. The van der Waals surface area contributed by atoms with E-state index in [0.717, 1.165) is 11.8 Å². The molecule has 0 amide bonds. The summed E-state index contributed by atoms with van der Waals surface area (Å²) < 4.78 is 4.80. The molecule has 0 aliphatic carbocycles. The first-order valence-electron chi connectivity index (χ1n) is 3.85. The fourth-order valence-corrected chi connectivity index (χ4v) is 1.22. The zero-order chi connectivity index (χ0) is 9.26. The van der Waals surface area contributed by atoms with Crippen molar-refractivity contribution >= 4 is 17.4 Å². The van der Waals surface area contributed by atoms with Gasteiger partial charge in [-0.15, -0.1) is 0 Å². The number of hydrogen-bond acceptors (Lipinski definition) is 3. The van der Waals surface area contributed by atoms with E-state index in [1.165, 1.54) is 0 Å². The number of H-pyrrole nitrogens is 1. The van der Waals surface area contributed by atoms with Crippen LogP contribution < -0.4 is 5.76 Å². The number of oxazole rings is 1. The van der Waals surface area contributed by atoms with Crippen LogP contribution in [0.1, 0.15) is 5.56 Å². The van der Waals surface area contributed by atoms with E-state index in [4.69, 9.17) is 4.42 Å². The summed E-state index contributed by atoms with van der Waals surface area (Å²) in [5.41, 5.74) is 2.00. The number of aromatic nitrogens is 1. The SMILES string of the molecule is O=CCc1ccc2oc(=O)[nH]c2c1. The molecule has 1 aromatic heterocycles. The van der Waals surface area contributed by atoms with E-state index in [2.05, 4.69) is 4.98 Å². The van der Waals surface area contributed by atoms with E-state index < -0.39 is 5.76 Å². The number of aldehydes is 1. The molecule has 0 spiro atoms. The Morgan fingerprint density at radius 1 is 1.46 bits per heavy atom. The highest BCUT2D eigenvalue weighted by molar-refractivity contribution is 5.73. The van der Waals surface area contributed by atoms with Crippen molar-refractivity contribution in [1.29, 1.82) is 0 Å². The number of carbonyl (C=O) groups excluding carboxylic acids is 1. The molecule has 0 atom stereocenters. The minimum absolute atomic E-state index is 0.350. The van der Waals surface area contributed by atoms with Gasteiger partial charge in [-0.25, -0.2) is 4.79 Å². The second-order valence-corrected chi connectivity index (χ2v) is 2.72. The standard InChI is InChI=1S/C9H7NO3/c11-4-3-6-1-2-8-7(5-6)10-9(12)13-8/h1-2,4-5H,3H2,(H,10,12). The van der Waals surface area contributed by atoms with Crippen molar-refractivity contribution in [3.8, 4) is 0 Å². The zero-order valence-corrected chi connectivity index (χ0v) is 6.74. The van der Waals surface area contributed by atoms with Gasteiger partial charge in [0.05, 0.1) is 5.52 Å². The fourth-order valence-electron chi connectivity index (χ4n) is 1.22. The molecule has 0 saturated heterocycles. The van der Waals surface area contributed by atoms with Crippen LogP contribution in [0.5, 0.6) is 0 Å². The number of nitrogens with one attached hydrogen (secondary N) is 1. The molecule has 0 bridgehead atoms. The Balaban J connectivity index is 2.60. The zero-order valence-electron chi connectivity index (χ0n) is 6.74. The number of carbonyl (C=O) groups is 1. The smallest absolute Gasteiger partial charge is 0.408 e. The minimum Gasteiger partial charge on any atom is -0.408 e. The van der Waals surface area contributed by atoms with Crippen molar-refractivity contribution in [2.45, 2.75) is 6.42 Å². The maximum absolute atomic E-state index is 10.8. The molecule has 0 radical (unpaired) electrons. The predicted octanol–water partition coefficient (Wildman–Crippen LogP) is 0.863. The topological polar surface area (TPSA) is 63.1 Å². The summed E-state index contributed by atoms with van der Waals surface area (Å²) in [4.78, 5) is 23.5. The Morgan fingerprint density at radius 2 is 2.31 bits per heavy atom. The first-order valence-corrected chi connectivity index (χ1v) is 3.85. The Hall–Kier alpha value is -1.84. The third kappa shape index (κ3) is 1.38. The van der Waals surface area contributed by atoms with Gasteiger partial charge in [-0.1, -0.05) is 6.07 Å². The summed E-state index contributed by atoms with van der Waals surface area (Å²) in [7, 11) is 0. The van der Waals surface area contributed by atoms with Gasteiger partial charge < -0.3 is 9.21 Å². The highest BCUT2D eigenvalue weighted by Crippen LogP contribution is 2.11. The van der Waals surface area contributed by atoms with Gasteiger partial charge in [-0.3, -0.25) is 4.98 Å². The molecule has 0 aliphatic rings. The summed E-state index contributed by atoms with van der Waals surface area (Å²) in [5.74, 6) is -0.474. The third-order valence-electron chi connectivity index (χ3n) is 1.80. The first-order chi connectivity index (χ1) is 6.29. The molecule has 2 rings (SSSR count). The predicted molar refractivity (Wildman–Crippen MR) is 46.6 cm³/mol. The largest absolute Gasteiger partial charge is 0.417 e. The van der Waals surface area contributed by atoms with Gasteiger partial charge >= 0.3 is 5.76 Å². The number of aromatic amines is 1. The van der Waals surface area contributed by atoms with Crippen molar-refractivity contribution in [2.24, 2.45) is 0 Å². The minimum atomic E-state index is -0.474. The summed E-state index contributed by atoms with van der Waals surface area (Å²) in [6, 6.07) is 5.16. The Kier molecular flexibility index (Phi) is 1.73. The maximum atomic E-state index is 10.8. The van der Waals surface area contributed by atoms with Crippen LogP contribution >= 0.6 is 0 Å². The molecule has 66 valence electrons. The van der Waals surface area contributed by atoms with Crippen molar-refractivity contribution in [3.63, 3.8) is 0 Å². The molecule has 0 aliphatic heterocycles. The lowest BCUT2D eigenvalue weighted by Gasteiger charge is -1.92. The van der Waals surface area contributed by atoms with Crippen LogP contribution in [0.2, 0.25) is 0 Å². The van der Waals surface area contributed by atoms with Gasteiger partial charge in [0.15, 0.2) is 5.58 Å². The van der Waals surface area contributed by atoms with Gasteiger partial charge in [0, 0.05) is 6.42 Å². The molecule has 4 heteroatoms. The Labute approximate surface area is 73.2 Å². The molecule has 0 fully saturated rings. The van der Waals surface area contributed by atoms with Crippen LogP contribution in [-0.2, 0) is 11.2 Å². The molecule has 13 heavy (non-hydrogen) atoms. The molecular formula is C9H7NO3. The average Bonchev–Trinajstić information content (AvgIpc) is 2.44. The van der Waals surface area contributed by atoms with Gasteiger partial charge in [-0.05, 0) is 17.7 Å². The third-order valence-corrected chi connectivity index (χ3v) is 1.80.